The highest BCUT2D eigenvalue weighted by molar-refractivity contribution is 6.31. The zero-order chi connectivity index (χ0) is 13.2. The van der Waals surface area contributed by atoms with E-state index in [1.807, 2.05) is 0 Å². The van der Waals surface area contributed by atoms with Crippen molar-refractivity contribution in [2.75, 3.05) is 24.2 Å². The summed E-state index contributed by atoms with van der Waals surface area (Å²) >= 11 is 5.73. The van der Waals surface area contributed by atoms with Crippen molar-refractivity contribution < 1.29 is 9.50 Å². The molecule has 0 radical (unpaired) electrons. The molecule has 2 rings (SSSR count). The van der Waals surface area contributed by atoms with Crippen LogP contribution in [-0.2, 0) is 0 Å². The van der Waals surface area contributed by atoms with Gasteiger partial charge in [-0.25, -0.2) is 4.39 Å². The van der Waals surface area contributed by atoms with Gasteiger partial charge in [0.15, 0.2) is 0 Å². The third-order valence-corrected chi connectivity index (χ3v) is 4.04. The van der Waals surface area contributed by atoms with Gasteiger partial charge in [0.25, 0.3) is 0 Å². The molecule has 1 aliphatic rings. The first kappa shape index (κ1) is 13.4. The van der Waals surface area contributed by atoms with Crippen molar-refractivity contribution in [2.24, 2.45) is 5.41 Å². The summed E-state index contributed by atoms with van der Waals surface area (Å²) < 4.78 is 13.2. The maximum Gasteiger partial charge on any atom is 0.143 e. The fourth-order valence-electron chi connectivity index (χ4n) is 2.51. The summed E-state index contributed by atoms with van der Waals surface area (Å²) in [5.41, 5.74) is 6.62. The number of nitrogens with one attached hydrogen (secondary N) is 1. The summed E-state index contributed by atoms with van der Waals surface area (Å²) in [5, 5.41) is 12.7. The first-order chi connectivity index (χ1) is 8.56. The Morgan fingerprint density at radius 3 is 2.67 bits per heavy atom. The number of anilines is 2. The van der Waals surface area contributed by atoms with Crippen LogP contribution in [0.5, 0.6) is 0 Å². The van der Waals surface area contributed by atoms with E-state index < -0.39 is 5.82 Å². The summed E-state index contributed by atoms with van der Waals surface area (Å²) in [5.74, 6) is -0.516. The Morgan fingerprint density at radius 2 is 2.06 bits per heavy atom. The van der Waals surface area contributed by atoms with Crippen LogP contribution in [0, 0.1) is 11.2 Å². The molecule has 0 amide bonds. The Bertz CT molecular complexity index is 433. The van der Waals surface area contributed by atoms with Gasteiger partial charge in [-0.2, -0.15) is 0 Å². The molecule has 0 bridgehead atoms. The lowest BCUT2D eigenvalue weighted by Crippen LogP contribution is -2.30. The van der Waals surface area contributed by atoms with Crippen LogP contribution in [0.3, 0.4) is 0 Å². The van der Waals surface area contributed by atoms with Crippen LogP contribution in [0.15, 0.2) is 12.1 Å². The van der Waals surface area contributed by atoms with Crippen molar-refractivity contribution in [1.82, 2.24) is 0 Å². The SMILES string of the molecule is Nc1cc(F)c(Cl)cc1NCC1(CO)CCCC1. The summed E-state index contributed by atoms with van der Waals surface area (Å²) in [6.45, 7) is 0.796. The Kier molecular flexibility index (Phi) is 3.97. The lowest BCUT2D eigenvalue weighted by molar-refractivity contribution is 0.142. The summed E-state index contributed by atoms with van der Waals surface area (Å²) in [4.78, 5) is 0. The zero-order valence-electron chi connectivity index (χ0n) is 10.2. The van der Waals surface area contributed by atoms with Crippen LogP contribution in [0.4, 0.5) is 15.8 Å². The van der Waals surface area contributed by atoms with E-state index in [-0.39, 0.29) is 17.0 Å². The van der Waals surface area contributed by atoms with E-state index in [2.05, 4.69) is 5.32 Å². The molecule has 1 saturated carbocycles. The van der Waals surface area contributed by atoms with E-state index in [1.54, 1.807) is 0 Å². The minimum Gasteiger partial charge on any atom is -0.397 e. The quantitative estimate of drug-likeness (QED) is 0.739. The molecule has 0 aromatic heterocycles. The van der Waals surface area contributed by atoms with Crippen molar-refractivity contribution in [1.29, 1.82) is 0 Å². The predicted molar refractivity (Wildman–Crippen MR) is 72.3 cm³/mol. The highest BCUT2D eigenvalue weighted by atomic mass is 35.5. The normalized spacial score (nSPS) is 17.9. The number of hydrogen-bond donors (Lipinski definition) is 3. The molecule has 1 aromatic rings. The van der Waals surface area contributed by atoms with Crippen LogP contribution in [-0.4, -0.2) is 18.3 Å². The van der Waals surface area contributed by atoms with Gasteiger partial charge in [-0.3, -0.25) is 0 Å². The van der Waals surface area contributed by atoms with E-state index in [4.69, 9.17) is 17.3 Å². The van der Waals surface area contributed by atoms with Crippen molar-refractivity contribution in [3.63, 3.8) is 0 Å². The smallest absolute Gasteiger partial charge is 0.143 e. The second-order valence-electron chi connectivity index (χ2n) is 5.07. The maximum atomic E-state index is 13.2. The highest BCUT2D eigenvalue weighted by Gasteiger charge is 2.33. The number of benzene rings is 1. The standard InChI is InChI=1S/C13H18ClFN2O/c14-9-5-12(11(16)6-10(9)15)17-7-13(8-18)3-1-2-4-13/h5-6,17-18H,1-4,7-8,16H2. The average molecular weight is 273 g/mol. The fourth-order valence-corrected chi connectivity index (χ4v) is 2.68. The van der Waals surface area contributed by atoms with Crippen molar-refractivity contribution >= 4 is 23.0 Å². The molecule has 18 heavy (non-hydrogen) atoms. The lowest BCUT2D eigenvalue weighted by atomic mass is 9.87. The molecule has 0 heterocycles. The molecule has 0 atom stereocenters. The monoisotopic (exact) mass is 272 g/mol. The first-order valence-electron chi connectivity index (χ1n) is 6.16. The molecule has 0 aliphatic heterocycles. The topological polar surface area (TPSA) is 58.3 Å². The Hall–Kier alpha value is -1.00. The van der Waals surface area contributed by atoms with E-state index in [0.29, 0.717) is 17.9 Å². The third-order valence-electron chi connectivity index (χ3n) is 3.75. The molecular formula is C13H18ClFN2O. The molecular weight excluding hydrogens is 255 g/mol. The van der Waals surface area contributed by atoms with Gasteiger partial charge < -0.3 is 16.2 Å². The Labute approximate surface area is 111 Å². The molecule has 1 aliphatic carbocycles. The van der Waals surface area contributed by atoms with Gasteiger partial charge >= 0.3 is 0 Å². The van der Waals surface area contributed by atoms with Crippen molar-refractivity contribution in [2.45, 2.75) is 25.7 Å². The Balaban J connectivity index is 2.08. The number of nitrogens with two attached hydrogens (primary N) is 1. The minimum atomic E-state index is -0.516. The molecule has 3 nitrogen and oxygen atoms in total. The summed E-state index contributed by atoms with van der Waals surface area (Å²) in [6, 6.07) is 2.71. The second kappa shape index (κ2) is 5.33. The van der Waals surface area contributed by atoms with Gasteiger partial charge in [0.05, 0.1) is 23.0 Å². The van der Waals surface area contributed by atoms with E-state index >= 15 is 0 Å². The number of halogens is 2. The number of rotatable bonds is 4. The molecule has 1 fully saturated rings. The average Bonchev–Trinajstić information content (AvgIpc) is 2.82. The minimum absolute atomic E-state index is 0.0520. The second-order valence-corrected chi connectivity index (χ2v) is 5.48. The molecule has 1 aromatic carbocycles. The lowest BCUT2D eigenvalue weighted by Gasteiger charge is -2.27. The van der Waals surface area contributed by atoms with Crippen LogP contribution in [0.2, 0.25) is 5.02 Å². The molecule has 0 unspecified atom stereocenters. The zero-order valence-corrected chi connectivity index (χ0v) is 10.9. The van der Waals surface area contributed by atoms with Crippen molar-refractivity contribution in [3.8, 4) is 0 Å². The highest BCUT2D eigenvalue weighted by Crippen LogP contribution is 2.38. The van der Waals surface area contributed by atoms with Crippen LogP contribution in [0.25, 0.3) is 0 Å². The summed E-state index contributed by atoms with van der Waals surface area (Å²) in [7, 11) is 0. The van der Waals surface area contributed by atoms with Crippen LogP contribution < -0.4 is 11.1 Å². The molecule has 100 valence electrons. The number of aliphatic hydroxyl groups is 1. The summed E-state index contributed by atoms with van der Waals surface area (Å²) in [6.07, 6.45) is 4.29. The van der Waals surface area contributed by atoms with Crippen LogP contribution in [0.1, 0.15) is 25.7 Å². The van der Waals surface area contributed by atoms with E-state index in [1.165, 1.54) is 12.1 Å². The first-order valence-corrected chi connectivity index (χ1v) is 6.53. The van der Waals surface area contributed by atoms with E-state index in [0.717, 1.165) is 25.7 Å². The number of aliphatic hydroxyl groups excluding tert-OH is 1. The maximum absolute atomic E-state index is 13.2. The third kappa shape index (κ3) is 2.70. The van der Waals surface area contributed by atoms with Gasteiger partial charge in [-0.1, -0.05) is 24.4 Å². The van der Waals surface area contributed by atoms with Gasteiger partial charge in [0, 0.05) is 18.0 Å². The van der Waals surface area contributed by atoms with Gasteiger partial charge in [-0.05, 0) is 18.9 Å². The van der Waals surface area contributed by atoms with Crippen LogP contribution >= 0.6 is 11.6 Å². The molecule has 4 N–H and O–H groups in total. The number of hydrogen-bond acceptors (Lipinski definition) is 3. The van der Waals surface area contributed by atoms with Gasteiger partial charge in [0.1, 0.15) is 5.82 Å². The molecule has 0 spiro atoms. The molecule has 0 saturated heterocycles. The van der Waals surface area contributed by atoms with E-state index in [9.17, 15) is 9.50 Å². The number of nitrogen functional groups attached to an aromatic ring is 1. The largest absolute Gasteiger partial charge is 0.397 e. The predicted octanol–water partition coefficient (Wildman–Crippen LogP) is 3.03. The van der Waals surface area contributed by atoms with Crippen molar-refractivity contribution in [3.05, 3.63) is 23.0 Å². The fraction of sp³-hybridized carbons (Fsp3) is 0.538. The van der Waals surface area contributed by atoms with Gasteiger partial charge in [-0.15, -0.1) is 0 Å². The Morgan fingerprint density at radius 1 is 1.39 bits per heavy atom. The molecule has 5 heteroatoms. The van der Waals surface area contributed by atoms with Gasteiger partial charge in [0.2, 0.25) is 0 Å².